The number of hydrogen-bond acceptors (Lipinski definition) is 4. The molecule has 0 aliphatic carbocycles. The average Bonchev–Trinajstić information content (AvgIpc) is 2.56. The number of allylic oxidation sites excluding steroid dienone is 1. The Kier molecular flexibility index (Phi) is 5.94. The van der Waals surface area contributed by atoms with Crippen molar-refractivity contribution < 1.29 is 19.1 Å². The Morgan fingerprint density at radius 1 is 0.957 bits per heavy atom. The van der Waals surface area contributed by atoms with E-state index in [4.69, 9.17) is 21.1 Å². The molecule has 0 fully saturated rings. The quantitative estimate of drug-likeness (QED) is 0.446. The Bertz CT molecular complexity index is 703. The van der Waals surface area contributed by atoms with Crippen molar-refractivity contribution in [3.05, 3.63) is 71.3 Å². The minimum atomic E-state index is -0.538. The molecule has 0 aliphatic rings. The Hall–Kier alpha value is -2.59. The predicted octanol–water partition coefficient (Wildman–Crippen LogP) is 4.43. The van der Waals surface area contributed by atoms with Crippen molar-refractivity contribution >= 4 is 23.4 Å². The zero-order valence-electron chi connectivity index (χ0n) is 12.5. The number of ketones is 1. The van der Waals surface area contributed by atoms with Gasteiger partial charge in [0.25, 0.3) is 0 Å². The monoisotopic (exact) mass is 330 g/mol. The van der Waals surface area contributed by atoms with Crippen LogP contribution in [0.15, 0.2) is 60.7 Å². The fraction of sp³-hybridized carbons (Fsp3) is 0.111. The van der Waals surface area contributed by atoms with E-state index in [1.54, 1.807) is 55.5 Å². The molecule has 4 nitrogen and oxygen atoms in total. The molecule has 0 saturated carbocycles. The van der Waals surface area contributed by atoms with E-state index in [-0.39, 0.29) is 12.4 Å². The molecule has 0 unspecified atom stereocenters. The lowest BCUT2D eigenvalue weighted by molar-refractivity contribution is -0.137. The third-order valence-electron chi connectivity index (χ3n) is 2.85. The van der Waals surface area contributed by atoms with Crippen LogP contribution < -0.4 is 4.74 Å². The van der Waals surface area contributed by atoms with Crippen LogP contribution in [0, 0.1) is 0 Å². The molecule has 0 aliphatic heterocycles. The fourth-order valence-electron chi connectivity index (χ4n) is 1.76. The van der Waals surface area contributed by atoms with Gasteiger partial charge in [0.05, 0.1) is 6.61 Å². The van der Waals surface area contributed by atoms with Crippen LogP contribution in [0.1, 0.15) is 17.3 Å². The summed E-state index contributed by atoms with van der Waals surface area (Å²) in [6.07, 6.45) is 2.30. The number of carbonyl (C=O) groups excluding carboxylic acids is 2. The van der Waals surface area contributed by atoms with E-state index >= 15 is 0 Å². The van der Waals surface area contributed by atoms with E-state index in [9.17, 15) is 9.59 Å². The van der Waals surface area contributed by atoms with E-state index in [0.29, 0.717) is 22.1 Å². The first-order chi connectivity index (χ1) is 11.1. The van der Waals surface area contributed by atoms with E-state index in [1.807, 2.05) is 0 Å². The van der Waals surface area contributed by atoms with Crippen molar-refractivity contribution in [2.45, 2.75) is 6.92 Å². The van der Waals surface area contributed by atoms with Gasteiger partial charge in [-0.3, -0.25) is 4.79 Å². The maximum Gasteiger partial charge on any atom is 0.330 e. The molecule has 2 rings (SSSR count). The molecule has 118 valence electrons. The number of halogens is 1. The zero-order valence-corrected chi connectivity index (χ0v) is 13.2. The molecule has 0 N–H and O–H groups in total. The number of hydrogen-bond donors (Lipinski definition) is 0. The van der Waals surface area contributed by atoms with Gasteiger partial charge < -0.3 is 9.47 Å². The molecule has 5 heteroatoms. The lowest BCUT2D eigenvalue weighted by Crippen LogP contribution is -2.01. The third kappa shape index (κ3) is 5.27. The van der Waals surface area contributed by atoms with Crippen LogP contribution in [-0.2, 0) is 9.53 Å². The second kappa shape index (κ2) is 8.15. The minimum absolute atomic E-state index is 0.272. The van der Waals surface area contributed by atoms with E-state index in [0.717, 1.165) is 6.08 Å². The van der Waals surface area contributed by atoms with E-state index in [2.05, 4.69) is 0 Å². The van der Waals surface area contributed by atoms with Gasteiger partial charge in [0.15, 0.2) is 5.78 Å². The highest BCUT2D eigenvalue weighted by Crippen LogP contribution is 2.23. The molecule has 2 aromatic carbocycles. The SMILES string of the molecule is CCOC(=O)C=CC(=O)c1ccc(Oc2ccc(Cl)cc2)cc1. The largest absolute Gasteiger partial charge is 0.463 e. The van der Waals surface area contributed by atoms with Crippen LogP contribution in [0.5, 0.6) is 11.5 Å². The topological polar surface area (TPSA) is 52.6 Å². The van der Waals surface area contributed by atoms with Gasteiger partial charge >= 0.3 is 5.97 Å². The smallest absolute Gasteiger partial charge is 0.330 e. The summed E-state index contributed by atoms with van der Waals surface area (Å²) in [6.45, 7) is 1.97. The summed E-state index contributed by atoms with van der Waals surface area (Å²) in [5.74, 6) is 0.425. The molecule has 0 spiro atoms. The van der Waals surface area contributed by atoms with Crippen molar-refractivity contribution in [3.63, 3.8) is 0 Å². The first-order valence-corrected chi connectivity index (χ1v) is 7.39. The van der Waals surface area contributed by atoms with Gasteiger partial charge in [0.1, 0.15) is 11.5 Å². The molecule has 23 heavy (non-hydrogen) atoms. The van der Waals surface area contributed by atoms with E-state index in [1.165, 1.54) is 6.08 Å². The van der Waals surface area contributed by atoms with Crippen LogP contribution in [0.4, 0.5) is 0 Å². The lowest BCUT2D eigenvalue weighted by Gasteiger charge is -2.06. The highest BCUT2D eigenvalue weighted by atomic mass is 35.5. The van der Waals surface area contributed by atoms with Crippen molar-refractivity contribution in [1.29, 1.82) is 0 Å². The Morgan fingerprint density at radius 2 is 1.52 bits per heavy atom. The van der Waals surface area contributed by atoms with Crippen LogP contribution in [0.3, 0.4) is 0 Å². The summed E-state index contributed by atoms with van der Waals surface area (Å²) < 4.78 is 10.4. The summed E-state index contributed by atoms with van der Waals surface area (Å²) in [7, 11) is 0. The van der Waals surface area contributed by atoms with Gasteiger partial charge in [-0.25, -0.2) is 4.79 Å². The van der Waals surface area contributed by atoms with Crippen LogP contribution >= 0.6 is 11.6 Å². The molecule has 2 aromatic rings. The van der Waals surface area contributed by atoms with Crippen LogP contribution in [0.25, 0.3) is 0 Å². The number of ether oxygens (including phenoxy) is 2. The molecule has 0 bridgehead atoms. The lowest BCUT2D eigenvalue weighted by atomic mass is 10.1. The maximum absolute atomic E-state index is 11.9. The number of carbonyl (C=O) groups is 2. The van der Waals surface area contributed by atoms with Gasteiger partial charge in [-0.05, 0) is 61.5 Å². The molecular formula is C18H15ClO4. The van der Waals surface area contributed by atoms with Gasteiger partial charge in [0.2, 0.25) is 0 Å². The summed E-state index contributed by atoms with van der Waals surface area (Å²) in [6, 6.07) is 13.6. The second-order valence-electron chi connectivity index (χ2n) is 4.53. The van der Waals surface area contributed by atoms with Gasteiger partial charge in [-0.2, -0.15) is 0 Å². The second-order valence-corrected chi connectivity index (χ2v) is 4.97. The van der Waals surface area contributed by atoms with Gasteiger partial charge in [-0.1, -0.05) is 11.6 Å². The molecule has 0 atom stereocenters. The maximum atomic E-state index is 11.9. The molecule has 0 heterocycles. The van der Waals surface area contributed by atoms with Crippen LogP contribution in [0.2, 0.25) is 5.02 Å². The summed E-state index contributed by atoms with van der Waals surface area (Å²) in [4.78, 5) is 23.1. The molecule has 0 radical (unpaired) electrons. The first-order valence-electron chi connectivity index (χ1n) is 7.01. The van der Waals surface area contributed by atoms with Crippen molar-refractivity contribution in [2.75, 3.05) is 6.61 Å². The van der Waals surface area contributed by atoms with Crippen molar-refractivity contribution in [3.8, 4) is 11.5 Å². The molecule has 0 aromatic heterocycles. The number of benzene rings is 2. The molecule has 0 saturated heterocycles. The summed E-state index contributed by atoms with van der Waals surface area (Å²) in [5, 5.41) is 0.631. The Labute approximate surface area is 139 Å². The average molecular weight is 331 g/mol. The van der Waals surface area contributed by atoms with Crippen molar-refractivity contribution in [2.24, 2.45) is 0 Å². The third-order valence-corrected chi connectivity index (χ3v) is 3.10. The zero-order chi connectivity index (χ0) is 16.7. The number of rotatable bonds is 6. The molecule has 0 amide bonds. The number of esters is 1. The highest BCUT2D eigenvalue weighted by molar-refractivity contribution is 6.30. The standard InChI is InChI=1S/C18H15ClO4/c1-2-22-18(21)12-11-17(20)13-3-7-15(8-4-13)23-16-9-5-14(19)6-10-16/h3-12H,2H2,1H3. The molecular weight excluding hydrogens is 316 g/mol. The summed E-state index contributed by atoms with van der Waals surface area (Å²) in [5.41, 5.74) is 0.453. The first kappa shape index (κ1) is 16.8. The van der Waals surface area contributed by atoms with Crippen LogP contribution in [-0.4, -0.2) is 18.4 Å². The Morgan fingerprint density at radius 3 is 2.09 bits per heavy atom. The fourth-order valence-corrected chi connectivity index (χ4v) is 1.88. The normalized spacial score (nSPS) is 10.5. The minimum Gasteiger partial charge on any atom is -0.463 e. The summed E-state index contributed by atoms with van der Waals surface area (Å²) >= 11 is 5.81. The van der Waals surface area contributed by atoms with Crippen molar-refractivity contribution in [1.82, 2.24) is 0 Å². The van der Waals surface area contributed by atoms with Gasteiger partial charge in [0, 0.05) is 16.7 Å². The highest BCUT2D eigenvalue weighted by Gasteiger charge is 2.04. The van der Waals surface area contributed by atoms with Gasteiger partial charge in [-0.15, -0.1) is 0 Å². The predicted molar refractivity (Wildman–Crippen MR) is 88.1 cm³/mol. The Balaban J connectivity index is 2.00. The van der Waals surface area contributed by atoms with E-state index < -0.39 is 5.97 Å².